The lowest BCUT2D eigenvalue weighted by Gasteiger charge is -2.17. The van der Waals surface area contributed by atoms with Crippen molar-refractivity contribution in [1.29, 1.82) is 0 Å². The van der Waals surface area contributed by atoms with E-state index in [9.17, 15) is 4.20 Å². The van der Waals surface area contributed by atoms with Crippen molar-refractivity contribution >= 4 is 8.69 Å². The molecular formula is C18H22FO2P. The van der Waals surface area contributed by atoms with E-state index in [4.69, 9.17) is 9.05 Å². The Bertz CT molecular complexity index is 592. The molecule has 0 aliphatic rings. The lowest BCUT2D eigenvalue weighted by molar-refractivity contribution is 0.433. The van der Waals surface area contributed by atoms with Crippen molar-refractivity contribution < 1.29 is 13.2 Å². The summed E-state index contributed by atoms with van der Waals surface area (Å²) in [7, 11) is -2.52. The zero-order valence-electron chi connectivity index (χ0n) is 14.0. The van der Waals surface area contributed by atoms with E-state index in [1.165, 1.54) is 0 Å². The van der Waals surface area contributed by atoms with E-state index in [0.717, 1.165) is 33.4 Å². The fourth-order valence-corrected chi connectivity index (χ4v) is 3.68. The molecule has 0 N–H and O–H groups in total. The molecule has 0 saturated heterocycles. The van der Waals surface area contributed by atoms with Gasteiger partial charge in [0, 0.05) is 0 Å². The van der Waals surface area contributed by atoms with Crippen LogP contribution in [-0.4, -0.2) is 0 Å². The van der Waals surface area contributed by atoms with Gasteiger partial charge >= 0.3 is 8.69 Å². The van der Waals surface area contributed by atoms with Crippen LogP contribution in [0.15, 0.2) is 24.3 Å². The molecule has 2 rings (SSSR count). The van der Waals surface area contributed by atoms with E-state index >= 15 is 0 Å². The molecule has 118 valence electrons. The average Bonchev–Trinajstić information content (AvgIpc) is 2.38. The molecule has 0 aliphatic heterocycles. The fourth-order valence-electron chi connectivity index (χ4n) is 2.78. The highest BCUT2D eigenvalue weighted by atomic mass is 31.2. The molecule has 4 heteroatoms. The molecule has 22 heavy (non-hydrogen) atoms. The van der Waals surface area contributed by atoms with E-state index in [0.29, 0.717) is 11.5 Å². The third-order valence-electron chi connectivity index (χ3n) is 3.54. The summed E-state index contributed by atoms with van der Waals surface area (Å²) in [4.78, 5) is 0. The maximum Gasteiger partial charge on any atom is 0.505 e. The smallest absolute Gasteiger partial charge is 0.414 e. The maximum atomic E-state index is 14.3. The Kier molecular flexibility index (Phi) is 5.08. The van der Waals surface area contributed by atoms with Crippen LogP contribution in [0.4, 0.5) is 4.20 Å². The minimum Gasteiger partial charge on any atom is -0.414 e. The van der Waals surface area contributed by atoms with E-state index < -0.39 is 8.69 Å². The SMILES string of the molecule is Cc1cc(C)c(OP(F)Oc2c(C)cc(C)cc2C)c(C)c1. The summed E-state index contributed by atoms with van der Waals surface area (Å²) < 4.78 is 25.2. The molecule has 0 atom stereocenters. The molecule has 0 aromatic heterocycles. The highest BCUT2D eigenvalue weighted by molar-refractivity contribution is 7.42. The van der Waals surface area contributed by atoms with Crippen LogP contribution in [0.25, 0.3) is 0 Å². The first-order valence-corrected chi connectivity index (χ1v) is 8.32. The van der Waals surface area contributed by atoms with E-state index in [1.54, 1.807) is 0 Å². The highest BCUT2D eigenvalue weighted by Crippen LogP contribution is 2.45. The fraction of sp³-hybridized carbons (Fsp3) is 0.333. The van der Waals surface area contributed by atoms with Gasteiger partial charge in [-0.3, -0.25) is 0 Å². The molecule has 0 heterocycles. The van der Waals surface area contributed by atoms with Gasteiger partial charge in [-0.15, -0.1) is 4.20 Å². The van der Waals surface area contributed by atoms with Crippen molar-refractivity contribution in [2.75, 3.05) is 0 Å². The number of hydrogen-bond donors (Lipinski definition) is 0. The standard InChI is InChI=1S/C18H22FO2P/c1-11-7-13(3)17(14(4)8-11)20-22(19)21-18-15(5)9-12(2)10-16(18)6/h7-10H,1-6H3. The second-order valence-electron chi connectivity index (χ2n) is 5.85. The van der Waals surface area contributed by atoms with Crippen LogP contribution in [0.3, 0.4) is 0 Å². The molecule has 2 aromatic carbocycles. The number of rotatable bonds is 4. The lowest BCUT2D eigenvalue weighted by Crippen LogP contribution is -1.98. The van der Waals surface area contributed by atoms with Gasteiger partial charge in [0.1, 0.15) is 11.5 Å². The van der Waals surface area contributed by atoms with Crippen LogP contribution in [0.2, 0.25) is 0 Å². The normalized spacial score (nSPS) is 10.9. The first-order chi connectivity index (χ1) is 10.3. The summed E-state index contributed by atoms with van der Waals surface area (Å²) >= 11 is 0. The number of aryl methyl sites for hydroxylation is 6. The molecule has 0 unspecified atom stereocenters. The molecule has 0 radical (unpaired) electrons. The second-order valence-corrected chi connectivity index (χ2v) is 6.64. The van der Waals surface area contributed by atoms with Crippen LogP contribution in [-0.2, 0) is 0 Å². The van der Waals surface area contributed by atoms with Crippen molar-refractivity contribution in [1.82, 2.24) is 0 Å². The maximum absolute atomic E-state index is 14.3. The molecule has 0 saturated carbocycles. The van der Waals surface area contributed by atoms with E-state index in [2.05, 4.69) is 0 Å². The predicted octanol–water partition coefficient (Wildman–Crippen LogP) is 6.19. The van der Waals surface area contributed by atoms with Crippen molar-refractivity contribution in [3.05, 3.63) is 57.6 Å². The second kappa shape index (κ2) is 6.66. The minimum absolute atomic E-state index is 0.571. The van der Waals surface area contributed by atoms with Crippen molar-refractivity contribution in [3.8, 4) is 11.5 Å². The Hall–Kier alpha value is -1.60. The molecule has 2 aromatic rings. The average molecular weight is 320 g/mol. The monoisotopic (exact) mass is 320 g/mol. The van der Waals surface area contributed by atoms with Crippen molar-refractivity contribution in [2.24, 2.45) is 0 Å². The predicted molar refractivity (Wildman–Crippen MR) is 90.6 cm³/mol. The van der Waals surface area contributed by atoms with Gasteiger partial charge in [0.2, 0.25) is 0 Å². The minimum atomic E-state index is -2.52. The first kappa shape index (κ1) is 16.8. The Morgan fingerprint density at radius 1 is 0.636 bits per heavy atom. The van der Waals surface area contributed by atoms with Crippen LogP contribution >= 0.6 is 8.69 Å². The summed E-state index contributed by atoms with van der Waals surface area (Å²) in [6, 6.07) is 7.92. The van der Waals surface area contributed by atoms with Gasteiger partial charge in [-0.05, 0) is 63.8 Å². The Morgan fingerprint density at radius 2 is 0.909 bits per heavy atom. The summed E-state index contributed by atoms with van der Waals surface area (Å²) in [6.45, 7) is 11.7. The Labute approximate surface area is 133 Å². The molecule has 0 bridgehead atoms. The van der Waals surface area contributed by atoms with Crippen LogP contribution in [0.1, 0.15) is 33.4 Å². The van der Waals surface area contributed by atoms with Crippen molar-refractivity contribution in [3.63, 3.8) is 0 Å². The Balaban J connectivity index is 2.19. The summed E-state index contributed by atoms with van der Waals surface area (Å²) in [5.41, 5.74) is 5.95. The first-order valence-electron chi connectivity index (χ1n) is 7.25. The van der Waals surface area contributed by atoms with E-state index in [1.807, 2.05) is 65.8 Å². The number of benzene rings is 2. The van der Waals surface area contributed by atoms with Gasteiger partial charge in [0.15, 0.2) is 0 Å². The van der Waals surface area contributed by atoms with Gasteiger partial charge in [0.05, 0.1) is 0 Å². The van der Waals surface area contributed by atoms with Crippen molar-refractivity contribution in [2.45, 2.75) is 41.5 Å². The van der Waals surface area contributed by atoms with Crippen LogP contribution in [0, 0.1) is 41.5 Å². The van der Waals surface area contributed by atoms with E-state index in [-0.39, 0.29) is 0 Å². The summed E-state index contributed by atoms with van der Waals surface area (Å²) in [6.07, 6.45) is 0. The zero-order valence-corrected chi connectivity index (χ0v) is 14.8. The molecule has 2 nitrogen and oxygen atoms in total. The van der Waals surface area contributed by atoms with Gasteiger partial charge < -0.3 is 9.05 Å². The topological polar surface area (TPSA) is 18.5 Å². The summed E-state index contributed by atoms with van der Waals surface area (Å²) in [5, 5.41) is 0. The summed E-state index contributed by atoms with van der Waals surface area (Å²) in [5.74, 6) is 1.14. The molecule has 0 amide bonds. The van der Waals surface area contributed by atoms with Crippen LogP contribution < -0.4 is 9.05 Å². The van der Waals surface area contributed by atoms with Gasteiger partial charge in [0.25, 0.3) is 0 Å². The van der Waals surface area contributed by atoms with Gasteiger partial charge in [-0.25, -0.2) is 0 Å². The zero-order chi connectivity index (χ0) is 16.4. The Morgan fingerprint density at radius 3 is 1.18 bits per heavy atom. The molecule has 0 aliphatic carbocycles. The molecule has 0 spiro atoms. The lowest BCUT2D eigenvalue weighted by atomic mass is 10.1. The third-order valence-corrected chi connectivity index (χ3v) is 4.19. The van der Waals surface area contributed by atoms with Gasteiger partial charge in [-0.1, -0.05) is 35.4 Å². The van der Waals surface area contributed by atoms with Gasteiger partial charge in [-0.2, -0.15) is 0 Å². The quantitative estimate of drug-likeness (QED) is 0.625. The number of halogens is 1. The van der Waals surface area contributed by atoms with Crippen LogP contribution in [0.5, 0.6) is 11.5 Å². The number of hydrogen-bond acceptors (Lipinski definition) is 2. The molecule has 0 fully saturated rings. The highest BCUT2D eigenvalue weighted by Gasteiger charge is 2.19. The largest absolute Gasteiger partial charge is 0.505 e. The third kappa shape index (κ3) is 3.78. The molecular weight excluding hydrogens is 298 g/mol.